The molecular formula is C15H21BrN2O. The SMILES string of the molecule is CCNCc1cccc(Br)c1OCCC(C)(C)C#N. The largest absolute Gasteiger partial charge is 0.492 e. The van der Waals surface area contributed by atoms with Crippen LogP contribution in [0.3, 0.4) is 0 Å². The predicted octanol–water partition coefficient (Wildman–Crippen LogP) is 3.88. The molecule has 3 nitrogen and oxygen atoms in total. The van der Waals surface area contributed by atoms with Gasteiger partial charge in [0.05, 0.1) is 22.6 Å². The first-order valence-corrected chi connectivity index (χ1v) is 7.31. The number of nitriles is 1. The van der Waals surface area contributed by atoms with Gasteiger partial charge in [0.1, 0.15) is 5.75 Å². The van der Waals surface area contributed by atoms with E-state index in [0.717, 1.165) is 28.9 Å². The van der Waals surface area contributed by atoms with Crippen LogP contribution in [-0.2, 0) is 6.54 Å². The van der Waals surface area contributed by atoms with E-state index < -0.39 is 0 Å². The summed E-state index contributed by atoms with van der Waals surface area (Å²) < 4.78 is 6.82. The van der Waals surface area contributed by atoms with Crippen LogP contribution in [-0.4, -0.2) is 13.2 Å². The van der Waals surface area contributed by atoms with Gasteiger partial charge < -0.3 is 10.1 Å². The van der Waals surface area contributed by atoms with Gasteiger partial charge in [-0.15, -0.1) is 0 Å². The van der Waals surface area contributed by atoms with Crippen molar-refractivity contribution in [2.45, 2.75) is 33.7 Å². The fourth-order valence-corrected chi connectivity index (χ4v) is 2.10. The first kappa shape index (κ1) is 16.0. The minimum atomic E-state index is -0.344. The number of para-hydroxylation sites is 1. The molecular weight excluding hydrogens is 304 g/mol. The van der Waals surface area contributed by atoms with E-state index in [-0.39, 0.29) is 5.41 Å². The molecule has 0 spiro atoms. The molecule has 0 aliphatic carbocycles. The summed E-state index contributed by atoms with van der Waals surface area (Å²) in [5, 5.41) is 12.3. The summed E-state index contributed by atoms with van der Waals surface area (Å²) in [6.45, 7) is 8.18. The van der Waals surface area contributed by atoms with Crippen LogP contribution in [0.25, 0.3) is 0 Å². The summed E-state index contributed by atoms with van der Waals surface area (Å²) in [5.41, 5.74) is 0.786. The Balaban J connectivity index is 2.69. The Morgan fingerprint density at radius 1 is 1.42 bits per heavy atom. The van der Waals surface area contributed by atoms with Gasteiger partial charge in [-0.25, -0.2) is 0 Å². The van der Waals surface area contributed by atoms with Gasteiger partial charge in [0.25, 0.3) is 0 Å². The topological polar surface area (TPSA) is 45.0 Å². The van der Waals surface area contributed by atoms with E-state index in [0.29, 0.717) is 13.0 Å². The molecule has 1 aromatic rings. The van der Waals surface area contributed by atoms with Gasteiger partial charge in [-0.1, -0.05) is 19.1 Å². The summed E-state index contributed by atoms with van der Waals surface area (Å²) in [6.07, 6.45) is 0.714. The third-order valence-corrected chi connectivity index (χ3v) is 3.51. The second kappa shape index (κ2) is 7.52. The first-order chi connectivity index (χ1) is 9.00. The van der Waals surface area contributed by atoms with Crippen LogP contribution < -0.4 is 10.1 Å². The maximum Gasteiger partial charge on any atom is 0.137 e. The highest BCUT2D eigenvalue weighted by atomic mass is 79.9. The monoisotopic (exact) mass is 324 g/mol. The lowest BCUT2D eigenvalue weighted by Gasteiger charge is -2.18. The van der Waals surface area contributed by atoms with Crippen molar-refractivity contribution in [2.75, 3.05) is 13.2 Å². The number of hydrogen-bond acceptors (Lipinski definition) is 3. The van der Waals surface area contributed by atoms with Crippen LogP contribution in [0.5, 0.6) is 5.75 Å². The maximum atomic E-state index is 8.99. The number of benzene rings is 1. The average molecular weight is 325 g/mol. The highest BCUT2D eigenvalue weighted by Crippen LogP contribution is 2.30. The summed E-state index contributed by atoms with van der Waals surface area (Å²) in [6, 6.07) is 8.32. The van der Waals surface area contributed by atoms with E-state index >= 15 is 0 Å². The standard InChI is InChI=1S/C15H21BrN2O/c1-4-18-10-12-6-5-7-13(16)14(12)19-9-8-15(2,3)11-17/h5-7,18H,4,8-10H2,1-3H3. The van der Waals surface area contributed by atoms with Gasteiger partial charge in [-0.05, 0) is 48.8 Å². The van der Waals surface area contributed by atoms with Crippen LogP contribution in [0.1, 0.15) is 32.8 Å². The van der Waals surface area contributed by atoms with Crippen molar-refractivity contribution < 1.29 is 4.74 Å². The molecule has 0 atom stereocenters. The van der Waals surface area contributed by atoms with Crippen LogP contribution >= 0.6 is 15.9 Å². The summed E-state index contributed by atoms with van der Waals surface area (Å²) in [7, 11) is 0. The minimum absolute atomic E-state index is 0.344. The first-order valence-electron chi connectivity index (χ1n) is 6.52. The van der Waals surface area contributed by atoms with E-state index in [1.807, 2.05) is 26.0 Å². The van der Waals surface area contributed by atoms with Crippen LogP contribution in [0.2, 0.25) is 0 Å². The summed E-state index contributed by atoms with van der Waals surface area (Å²) in [5.74, 6) is 0.872. The van der Waals surface area contributed by atoms with Gasteiger partial charge in [-0.2, -0.15) is 5.26 Å². The van der Waals surface area contributed by atoms with Crippen molar-refractivity contribution in [3.05, 3.63) is 28.2 Å². The zero-order valence-corrected chi connectivity index (χ0v) is 13.4. The zero-order chi connectivity index (χ0) is 14.3. The van der Waals surface area contributed by atoms with E-state index in [9.17, 15) is 0 Å². The summed E-state index contributed by atoms with van der Waals surface area (Å²) in [4.78, 5) is 0. The second-order valence-corrected chi connectivity index (χ2v) is 5.96. The minimum Gasteiger partial charge on any atom is -0.492 e. The van der Waals surface area contributed by atoms with Crippen molar-refractivity contribution in [2.24, 2.45) is 5.41 Å². The smallest absolute Gasteiger partial charge is 0.137 e. The molecule has 1 N–H and O–H groups in total. The van der Waals surface area contributed by atoms with Crippen LogP contribution in [0.4, 0.5) is 0 Å². The lowest BCUT2D eigenvalue weighted by atomic mass is 9.92. The Kier molecular flexibility index (Phi) is 6.33. The van der Waals surface area contributed by atoms with Gasteiger partial charge in [0.15, 0.2) is 0 Å². The van der Waals surface area contributed by atoms with Gasteiger partial charge in [0, 0.05) is 12.1 Å². The molecule has 0 fully saturated rings. The Morgan fingerprint density at radius 2 is 2.16 bits per heavy atom. The molecule has 0 aromatic heterocycles. The Morgan fingerprint density at radius 3 is 2.79 bits per heavy atom. The molecule has 0 bridgehead atoms. The van der Waals surface area contributed by atoms with E-state index in [4.69, 9.17) is 10.00 Å². The van der Waals surface area contributed by atoms with Gasteiger partial charge in [-0.3, -0.25) is 0 Å². The summed E-state index contributed by atoms with van der Waals surface area (Å²) >= 11 is 3.52. The van der Waals surface area contributed by atoms with Crippen LogP contribution in [0, 0.1) is 16.7 Å². The van der Waals surface area contributed by atoms with Crippen LogP contribution in [0.15, 0.2) is 22.7 Å². The molecule has 0 amide bonds. The van der Waals surface area contributed by atoms with Gasteiger partial charge in [0.2, 0.25) is 0 Å². The Labute approximate surface area is 124 Å². The number of rotatable bonds is 7. The van der Waals surface area contributed by atoms with E-state index in [2.05, 4.69) is 40.3 Å². The molecule has 0 saturated carbocycles. The third kappa shape index (κ3) is 5.22. The van der Waals surface area contributed by atoms with Crippen molar-refractivity contribution in [3.8, 4) is 11.8 Å². The molecule has 0 aliphatic heterocycles. The molecule has 104 valence electrons. The second-order valence-electron chi connectivity index (χ2n) is 5.10. The lowest BCUT2D eigenvalue weighted by molar-refractivity contribution is 0.260. The maximum absolute atomic E-state index is 8.99. The highest BCUT2D eigenvalue weighted by Gasteiger charge is 2.17. The lowest BCUT2D eigenvalue weighted by Crippen LogP contribution is -2.16. The molecule has 0 saturated heterocycles. The zero-order valence-electron chi connectivity index (χ0n) is 11.8. The highest BCUT2D eigenvalue weighted by molar-refractivity contribution is 9.10. The Hall–Kier alpha value is -1.05. The fourth-order valence-electron chi connectivity index (χ4n) is 1.58. The molecule has 0 radical (unpaired) electrons. The number of nitrogens with zero attached hydrogens (tertiary/aromatic N) is 1. The number of nitrogens with one attached hydrogen (secondary N) is 1. The quantitative estimate of drug-likeness (QED) is 0.827. The molecule has 19 heavy (non-hydrogen) atoms. The fraction of sp³-hybridized carbons (Fsp3) is 0.533. The molecule has 4 heteroatoms. The molecule has 1 rings (SSSR count). The van der Waals surface area contributed by atoms with Crippen molar-refractivity contribution in [1.29, 1.82) is 5.26 Å². The van der Waals surface area contributed by atoms with E-state index in [1.165, 1.54) is 0 Å². The average Bonchev–Trinajstić information content (AvgIpc) is 2.38. The Bertz CT molecular complexity index is 452. The third-order valence-electron chi connectivity index (χ3n) is 2.89. The van der Waals surface area contributed by atoms with E-state index in [1.54, 1.807) is 0 Å². The number of halogens is 1. The number of hydrogen-bond donors (Lipinski definition) is 1. The number of ether oxygens (including phenoxy) is 1. The molecule has 0 aliphatic rings. The molecule has 1 aromatic carbocycles. The van der Waals surface area contributed by atoms with Gasteiger partial charge >= 0.3 is 0 Å². The van der Waals surface area contributed by atoms with Crippen molar-refractivity contribution in [3.63, 3.8) is 0 Å². The van der Waals surface area contributed by atoms with Crippen molar-refractivity contribution >= 4 is 15.9 Å². The predicted molar refractivity (Wildman–Crippen MR) is 81.0 cm³/mol. The molecule has 0 heterocycles. The normalized spacial score (nSPS) is 11.1. The molecule has 0 unspecified atom stereocenters. The van der Waals surface area contributed by atoms with Crippen molar-refractivity contribution in [1.82, 2.24) is 5.32 Å².